The third kappa shape index (κ3) is 6.00. The Kier molecular flexibility index (Phi) is 7.61. The minimum Gasteiger partial charge on any atom is -0.420 e. The number of fused-ring (bicyclic) bond motifs is 3. The first-order chi connectivity index (χ1) is 23.8. The molecular weight excluding hydrogens is 642 g/mol. The molecule has 238 valence electrons. The molecule has 0 fully saturated rings. The summed E-state index contributed by atoms with van der Waals surface area (Å²) >= 11 is 1.58. The number of hydrogen-bond donors (Lipinski definition) is 0. The molecule has 0 aliphatic carbocycles. The van der Waals surface area contributed by atoms with E-state index in [2.05, 4.69) is 21.0 Å². The van der Waals surface area contributed by atoms with E-state index in [1.165, 1.54) is 6.07 Å². The van der Waals surface area contributed by atoms with Crippen molar-refractivity contribution >= 4 is 32.3 Å². The fourth-order valence-electron chi connectivity index (χ4n) is 5.85. The molecule has 9 heteroatoms. The van der Waals surface area contributed by atoms with Gasteiger partial charge in [-0.25, -0.2) is 19.9 Å². The predicted molar refractivity (Wildman–Crippen MR) is 189 cm³/mol. The second kappa shape index (κ2) is 12.3. The number of nitrogens with zero attached hydrogens (tertiary/aromatic N) is 4. The van der Waals surface area contributed by atoms with Crippen LogP contribution >= 0.6 is 11.3 Å². The van der Waals surface area contributed by atoms with Gasteiger partial charge in [0.05, 0.1) is 16.9 Å². The van der Waals surface area contributed by atoms with Gasteiger partial charge in [0.2, 0.25) is 11.8 Å². The molecule has 0 aliphatic heterocycles. The number of ether oxygens (including phenoxy) is 1. The Morgan fingerprint density at radius 3 is 1.98 bits per heavy atom. The van der Waals surface area contributed by atoms with E-state index in [0.717, 1.165) is 43.3 Å². The quantitative estimate of drug-likeness (QED) is 0.177. The van der Waals surface area contributed by atoms with Gasteiger partial charge < -0.3 is 4.74 Å². The third-order valence-electron chi connectivity index (χ3n) is 8.15. The molecule has 0 bridgehead atoms. The van der Waals surface area contributed by atoms with Gasteiger partial charge in [-0.05, 0) is 48.4 Å². The average Bonchev–Trinajstić information content (AvgIpc) is 3.52. The van der Waals surface area contributed by atoms with Crippen LogP contribution in [0.1, 0.15) is 10.4 Å². The van der Waals surface area contributed by atoms with Crippen LogP contribution in [-0.4, -0.2) is 19.9 Å². The Bertz CT molecular complexity index is 2410. The topological polar surface area (TPSA) is 60.8 Å². The maximum Gasteiger partial charge on any atom is 0.421 e. The van der Waals surface area contributed by atoms with E-state index in [1.807, 2.05) is 110 Å². The fourth-order valence-corrected chi connectivity index (χ4v) is 6.82. The van der Waals surface area contributed by atoms with Crippen LogP contribution in [0.15, 0.2) is 134 Å². The standard InChI is InChI=1S/C40H25F3N4OS/c1-24-19-30-35(49-24)22-29(31-23-44-38(47-37(30)31)27-15-9-4-10-16-27)33-18-17-32(40(41,42)43)39(46-33)48-36-21-28(25-11-5-2-6-12-25)20-34(45-36)26-13-7-3-8-14-26/h2-23H,1H3. The maximum atomic E-state index is 14.5. The Labute approximate surface area is 283 Å². The molecule has 0 radical (unpaired) electrons. The minimum absolute atomic E-state index is 0.0135. The molecule has 0 saturated heterocycles. The molecule has 4 heterocycles. The van der Waals surface area contributed by atoms with E-state index < -0.39 is 17.6 Å². The van der Waals surface area contributed by atoms with E-state index in [-0.39, 0.29) is 5.88 Å². The van der Waals surface area contributed by atoms with Crippen molar-refractivity contribution in [2.75, 3.05) is 0 Å². The van der Waals surface area contributed by atoms with E-state index in [1.54, 1.807) is 23.6 Å². The van der Waals surface area contributed by atoms with Crippen molar-refractivity contribution in [3.8, 4) is 56.8 Å². The molecule has 8 rings (SSSR count). The zero-order valence-electron chi connectivity index (χ0n) is 25.9. The molecule has 49 heavy (non-hydrogen) atoms. The van der Waals surface area contributed by atoms with E-state index in [9.17, 15) is 13.2 Å². The van der Waals surface area contributed by atoms with Crippen LogP contribution < -0.4 is 4.74 Å². The fraction of sp³-hybridized carbons (Fsp3) is 0.0500. The molecule has 0 aliphatic rings. The first kappa shape index (κ1) is 30.4. The summed E-state index contributed by atoms with van der Waals surface area (Å²) in [6.45, 7) is 2.01. The second-order valence-electron chi connectivity index (χ2n) is 11.5. The molecular formula is C40H25F3N4OS. The molecule has 0 N–H and O–H groups in total. The Morgan fingerprint density at radius 1 is 0.612 bits per heavy atom. The highest BCUT2D eigenvalue weighted by molar-refractivity contribution is 7.19. The first-order valence-electron chi connectivity index (χ1n) is 15.4. The van der Waals surface area contributed by atoms with Crippen LogP contribution in [-0.2, 0) is 6.18 Å². The zero-order chi connectivity index (χ0) is 33.5. The lowest BCUT2D eigenvalue weighted by atomic mass is 10.0. The minimum atomic E-state index is -4.73. The smallest absolute Gasteiger partial charge is 0.420 e. The van der Waals surface area contributed by atoms with Gasteiger partial charge >= 0.3 is 6.18 Å². The first-order valence-corrected chi connectivity index (χ1v) is 16.3. The lowest BCUT2D eigenvalue weighted by Gasteiger charge is -2.16. The van der Waals surface area contributed by atoms with Gasteiger partial charge in [-0.3, -0.25) is 0 Å². The predicted octanol–water partition coefficient (Wildman–Crippen LogP) is 11.4. The summed E-state index contributed by atoms with van der Waals surface area (Å²) in [4.78, 5) is 19.8. The number of aryl methyl sites for hydroxylation is 1. The van der Waals surface area contributed by atoms with Crippen molar-refractivity contribution in [3.63, 3.8) is 0 Å². The lowest BCUT2D eigenvalue weighted by Crippen LogP contribution is -2.09. The normalized spacial score (nSPS) is 11.7. The molecule has 4 aromatic heterocycles. The van der Waals surface area contributed by atoms with Gasteiger partial charge in [0.1, 0.15) is 5.56 Å². The summed E-state index contributed by atoms with van der Waals surface area (Å²) in [7, 11) is 0. The van der Waals surface area contributed by atoms with E-state index in [0.29, 0.717) is 33.7 Å². The molecule has 0 amide bonds. The van der Waals surface area contributed by atoms with Crippen LogP contribution in [0.4, 0.5) is 13.2 Å². The maximum absolute atomic E-state index is 14.5. The molecule has 0 spiro atoms. The lowest BCUT2D eigenvalue weighted by molar-refractivity contribution is -0.138. The number of hydrogen-bond acceptors (Lipinski definition) is 6. The number of thiophene rings is 1. The van der Waals surface area contributed by atoms with Gasteiger partial charge in [0, 0.05) is 49.3 Å². The summed E-state index contributed by atoms with van der Waals surface area (Å²) < 4.78 is 50.4. The Balaban J connectivity index is 1.29. The Hall–Kier alpha value is -5.93. The summed E-state index contributed by atoms with van der Waals surface area (Å²) in [5.41, 5.74) is 4.39. The van der Waals surface area contributed by atoms with Crippen molar-refractivity contribution in [1.29, 1.82) is 0 Å². The second-order valence-corrected chi connectivity index (χ2v) is 12.8. The molecule has 4 aromatic carbocycles. The van der Waals surface area contributed by atoms with Gasteiger partial charge in [-0.2, -0.15) is 13.2 Å². The molecule has 0 unspecified atom stereocenters. The van der Waals surface area contributed by atoms with E-state index >= 15 is 0 Å². The number of aromatic nitrogens is 4. The molecule has 0 saturated carbocycles. The van der Waals surface area contributed by atoms with Crippen LogP contribution in [0, 0.1) is 6.92 Å². The van der Waals surface area contributed by atoms with Crippen LogP contribution in [0.2, 0.25) is 0 Å². The summed E-state index contributed by atoms with van der Waals surface area (Å²) in [5, 5.41) is 1.61. The van der Waals surface area contributed by atoms with Crippen LogP contribution in [0.25, 0.3) is 66.0 Å². The summed E-state index contributed by atoms with van der Waals surface area (Å²) in [5.74, 6) is -0.0575. The highest BCUT2D eigenvalue weighted by Crippen LogP contribution is 2.42. The summed E-state index contributed by atoms with van der Waals surface area (Å²) in [6.07, 6.45) is -3.02. The van der Waals surface area contributed by atoms with Gasteiger partial charge in [-0.15, -0.1) is 11.3 Å². The van der Waals surface area contributed by atoms with Crippen molar-refractivity contribution in [2.24, 2.45) is 0 Å². The van der Waals surface area contributed by atoms with Crippen molar-refractivity contribution in [2.45, 2.75) is 13.1 Å². The highest BCUT2D eigenvalue weighted by atomic mass is 32.1. The van der Waals surface area contributed by atoms with E-state index in [4.69, 9.17) is 9.72 Å². The number of halogens is 3. The van der Waals surface area contributed by atoms with Gasteiger partial charge in [0.25, 0.3) is 0 Å². The third-order valence-corrected chi connectivity index (χ3v) is 9.14. The van der Waals surface area contributed by atoms with Crippen molar-refractivity contribution < 1.29 is 17.9 Å². The van der Waals surface area contributed by atoms with Crippen molar-refractivity contribution in [1.82, 2.24) is 19.9 Å². The summed E-state index contributed by atoms with van der Waals surface area (Å²) in [6, 6.07) is 38.5. The number of alkyl halides is 3. The van der Waals surface area contributed by atoms with Gasteiger partial charge in [0.15, 0.2) is 5.82 Å². The van der Waals surface area contributed by atoms with Gasteiger partial charge in [-0.1, -0.05) is 91.0 Å². The number of benzene rings is 4. The van der Waals surface area contributed by atoms with Crippen LogP contribution in [0.5, 0.6) is 11.8 Å². The van der Waals surface area contributed by atoms with Crippen LogP contribution in [0.3, 0.4) is 0 Å². The molecule has 8 aromatic rings. The van der Waals surface area contributed by atoms with Crippen molar-refractivity contribution in [3.05, 3.63) is 144 Å². The Morgan fingerprint density at radius 2 is 1.29 bits per heavy atom. The molecule has 5 nitrogen and oxygen atoms in total. The average molecular weight is 667 g/mol. The zero-order valence-corrected chi connectivity index (χ0v) is 26.8. The SMILES string of the molecule is Cc1cc2c(cc(-c3ccc(C(F)(F)F)c(Oc4cc(-c5ccccc5)cc(-c5ccccc5)n4)n3)c3cnc(-c4ccccc4)nc32)s1. The largest absolute Gasteiger partial charge is 0.421 e. The monoisotopic (exact) mass is 666 g/mol. The molecule has 0 atom stereocenters. The highest BCUT2D eigenvalue weighted by Gasteiger charge is 2.36. The number of pyridine rings is 2. The number of rotatable bonds is 6.